The number of hydrogen-bond acceptors (Lipinski definition) is 2. The van der Waals surface area contributed by atoms with Crippen molar-refractivity contribution in [2.45, 2.75) is 26.3 Å². The Kier molecular flexibility index (Phi) is 5.29. The molecule has 1 N–H and O–H groups in total. The number of methoxy groups -OCH3 is 1. The number of halogens is 1. The van der Waals surface area contributed by atoms with Crippen molar-refractivity contribution in [3.8, 4) is 5.75 Å². The summed E-state index contributed by atoms with van der Waals surface area (Å²) in [4.78, 5) is 0. The van der Waals surface area contributed by atoms with Gasteiger partial charge in [0.1, 0.15) is 5.75 Å². The van der Waals surface area contributed by atoms with Gasteiger partial charge in [0.2, 0.25) is 0 Å². The molecule has 0 saturated carbocycles. The van der Waals surface area contributed by atoms with Crippen molar-refractivity contribution in [1.82, 2.24) is 0 Å². The van der Waals surface area contributed by atoms with Crippen LogP contribution in [0.4, 0.5) is 5.69 Å². The zero-order valence-corrected chi connectivity index (χ0v) is 14.3. The van der Waals surface area contributed by atoms with E-state index in [4.69, 9.17) is 4.74 Å². The van der Waals surface area contributed by atoms with Crippen LogP contribution in [0.3, 0.4) is 0 Å². The standard InChI is InChI=1S/C17H20INO/c1-12-8-9-15(11-16(12)18)19-13(2)10-14-6-4-5-7-17(14)20-3/h4-9,11,13,19H,10H2,1-3H3. The molecule has 3 heteroatoms. The van der Waals surface area contributed by atoms with Gasteiger partial charge in [0.25, 0.3) is 0 Å². The molecule has 0 fully saturated rings. The molecule has 0 bridgehead atoms. The summed E-state index contributed by atoms with van der Waals surface area (Å²) < 4.78 is 6.69. The van der Waals surface area contributed by atoms with E-state index < -0.39 is 0 Å². The fourth-order valence-electron chi connectivity index (χ4n) is 2.22. The Labute approximate surface area is 134 Å². The normalized spacial score (nSPS) is 12.0. The fourth-order valence-corrected chi connectivity index (χ4v) is 2.73. The lowest BCUT2D eigenvalue weighted by molar-refractivity contribution is 0.409. The summed E-state index contributed by atoms with van der Waals surface area (Å²) in [6.07, 6.45) is 0.939. The van der Waals surface area contributed by atoms with Crippen LogP contribution in [0.25, 0.3) is 0 Å². The molecule has 2 aromatic carbocycles. The van der Waals surface area contributed by atoms with Crippen LogP contribution in [0.5, 0.6) is 5.75 Å². The molecule has 2 aromatic rings. The van der Waals surface area contributed by atoms with Crippen LogP contribution in [0.1, 0.15) is 18.1 Å². The summed E-state index contributed by atoms with van der Waals surface area (Å²) in [5.41, 5.74) is 3.72. The summed E-state index contributed by atoms with van der Waals surface area (Å²) in [6, 6.07) is 15.0. The Hall–Kier alpha value is -1.23. The van der Waals surface area contributed by atoms with E-state index in [1.54, 1.807) is 7.11 Å². The van der Waals surface area contributed by atoms with E-state index in [2.05, 4.69) is 72.1 Å². The molecule has 2 rings (SSSR count). The average Bonchev–Trinajstić information content (AvgIpc) is 2.43. The van der Waals surface area contributed by atoms with Gasteiger partial charge in [-0.15, -0.1) is 0 Å². The molecule has 0 aliphatic carbocycles. The number of aryl methyl sites for hydroxylation is 1. The second-order valence-corrected chi connectivity index (χ2v) is 6.19. The smallest absolute Gasteiger partial charge is 0.122 e. The molecule has 1 unspecified atom stereocenters. The SMILES string of the molecule is COc1ccccc1CC(C)Nc1ccc(C)c(I)c1. The first-order valence-electron chi connectivity index (χ1n) is 6.74. The third-order valence-corrected chi connectivity index (χ3v) is 4.47. The topological polar surface area (TPSA) is 21.3 Å². The molecule has 20 heavy (non-hydrogen) atoms. The van der Waals surface area contributed by atoms with Crippen LogP contribution < -0.4 is 10.1 Å². The Morgan fingerprint density at radius 2 is 1.95 bits per heavy atom. The number of hydrogen-bond donors (Lipinski definition) is 1. The molecule has 0 aromatic heterocycles. The first-order valence-corrected chi connectivity index (χ1v) is 7.82. The highest BCUT2D eigenvalue weighted by atomic mass is 127. The number of anilines is 1. The number of nitrogens with one attached hydrogen (secondary N) is 1. The maximum Gasteiger partial charge on any atom is 0.122 e. The van der Waals surface area contributed by atoms with Gasteiger partial charge in [0, 0.05) is 15.3 Å². The molecule has 0 radical (unpaired) electrons. The van der Waals surface area contributed by atoms with Gasteiger partial charge in [-0.2, -0.15) is 0 Å². The lowest BCUT2D eigenvalue weighted by atomic mass is 10.1. The monoisotopic (exact) mass is 381 g/mol. The van der Waals surface area contributed by atoms with Gasteiger partial charge in [-0.05, 0) is 72.2 Å². The molecule has 0 heterocycles. The molecule has 0 amide bonds. The number of benzene rings is 2. The van der Waals surface area contributed by atoms with E-state index in [0.29, 0.717) is 6.04 Å². The van der Waals surface area contributed by atoms with Gasteiger partial charge < -0.3 is 10.1 Å². The van der Waals surface area contributed by atoms with Crippen molar-refractivity contribution < 1.29 is 4.74 Å². The lowest BCUT2D eigenvalue weighted by Gasteiger charge is -2.17. The van der Waals surface area contributed by atoms with Crippen molar-refractivity contribution in [3.05, 3.63) is 57.2 Å². The molecule has 0 spiro atoms. The Morgan fingerprint density at radius 1 is 1.20 bits per heavy atom. The Balaban J connectivity index is 2.05. The van der Waals surface area contributed by atoms with Crippen LogP contribution in [-0.4, -0.2) is 13.2 Å². The van der Waals surface area contributed by atoms with Gasteiger partial charge in [-0.25, -0.2) is 0 Å². The van der Waals surface area contributed by atoms with Crippen LogP contribution in [-0.2, 0) is 6.42 Å². The fraction of sp³-hybridized carbons (Fsp3) is 0.294. The van der Waals surface area contributed by atoms with Gasteiger partial charge in [-0.3, -0.25) is 0 Å². The summed E-state index contributed by atoms with van der Waals surface area (Å²) >= 11 is 2.37. The van der Waals surface area contributed by atoms with E-state index in [-0.39, 0.29) is 0 Å². The molecule has 2 nitrogen and oxygen atoms in total. The number of rotatable bonds is 5. The third kappa shape index (κ3) is 3.88. The maximum absolute atomic E-state index is 5.40. The van der Waals surface area contributed by atoms with Gasteiger partial charge in [0.15, 0.2) is 0 Å². The number of ether oxygens (including phenoxy) is 1. The van der Waals surface area contributed by atoms with Gasteiger partial charge in [-0.1, -0.05) is 24.3 Å². The second kappa shape index (κ2) is 6.97. The van der Waals surface area contributed by atoms with Crippen molar-refractivity contribution in [1.29, 1.82) is 0 Å². The molecule has 106 valence electrons. The quantitative estimate of drug-likeness (QED) is 0.762. The van der Waals surface area contributed by atoms with Crippen LogP contribution in [0.15, 0.2) is 42.5 Å². The minimum Gasteiger partial charge on any atom is -0.496 e. The average molecular weight is 381 g/mol. The highest BCUT2D eigenvalue weighted by molar-refractivity contribution is 14.1. The van der Waals surface area contributed by atoms with Crippen molar-refractivity contribution in [3.63, 3.8) is 0 Å². The highest BCUT2D eigenvalue weighted by Crippen LogP contribution is 2.21. The van der Waals surface area contributed by atoms with Gasteiger partial charge in [0.05, 0.1) is 7.11 Å². The number of para-hydroxylation sites is 1. The second-order valence-electron chi connectivity index (χ2n) is 5.03. The molecule has 1 atom stereocenters. The maximum atomic E-state index is 5.40. The summed E-state index contributed by atoms with van der Waals surface area (Å²) in [7, 11) is 1.72. The first kappa shape index (κ1) is 15.2. The molecular weight excluding hydrogens is 361 g/mol. The van der Waals surface area contributed by atoms with Crippen LogP contribution >= 0.6 is 22.6 Å². The Morgan fingerprint density at radius 3 is 2.65 bits per heavy atom. The predicted molar refractivity (Wildman–Crippen MR) is 93.7 cm³/mol. The van der Waals surface area contributed by atoms with Crippen molar-refractivity contribution in [2.75, 3.05) is 12.4 Å². The highest BCUT2D eigenvalue weighted by Gasteiger charge is 2.08. The predicted octanol–water partition coefficient (Wildman–Crippen LogP) is 4.65. The minimum atomic E-state index is 0.352. The summed E-state index contributed by atoms with van der Waals surface area (Å²) in [6.45, 7) is 4.32. The first-order chi connectivity index (χ1) is 9.60. The van der Waals surface area contributed by atoms with Crippen LogP contribution in [0, 0.1) is 10.5 Å². The molecular formula is C17H20INO. The van der Waals surface area contributed by atoms with Crippen molar-refractivity contribution in [2.24, 2.45) is 0 Å². The summed E-state index contributed by atoms with van der Waals surface area (Å²) in [5.74, 6) is 0.958. The van der Waals surface area contributed by atoms with E-state index in [9.17, 15) is 0 Å². The zero-order chi connectivity index (χ0) is 14.5. The summed E-state index contributed by atoms with van der Waals surface area (Å²) in [5, 5.41) is 3.55. The molecule has 0 saturated heterocycles. The van der Waals surface area contributed by atoms with E-state index >= 15 is 0 Å². The van der Waals surface area contributed by atoms with E-state index in [1.165, 1.54) is 20.4 Å². The molecule has 0 aliphatic rings. The largest absolute Gasteiger partial charge is 0.496 e. The third-order valence-electron chi connectivity index (χ3n) is 3.30. The van der Waals surface area contributed by atoms with Gasteiger partial charge >= 0.3 is 0 Å². The van der Waals surface area contributed by atoms with E-state index in [0.717, 1.165) is 12.2 Å². The Bertz CT molecular complexity index is 583. The van der Waals surface area contributed by atoms with Crippen molar-refractivity contribution >= 4 is 28.3 Å². The van der Waals surface area contributed by atoms with Crippen LogP contribution in [0.2, 0.25) is 0 Å². The lowest BCUT2D eigenvalue weighted by Crippen LogP contribution is -2.18. The molecule has 0 aliphatic heterocycles. The van der Waals surface area contributed by atoms with E-state index in [1.807, 2.05) is 12.1 Å². The minimum absolute atomic E-state index is 0.352. The zero-order valence-electron chi connectivity index (χ0n) is 12.1.